The van der Waals surface area contributed by atoms with Crippen LogP contribution in [0.2, 0.25) is 0 Å². The normalized spacial score (nSPS) is 18.3. The number of aryl methyl sites for hydroxylation is 2. The molecule has 0 spiro atoms. The fourth-order valence-corrected chi connectivity index (χ4v) is 3.64. The molecule has 0 saturated carbocycles. The van der Waals surface area contributed by atoms with Gasteiger partial charge in [-0.3, -0.25) is 4.79 Å². The zero-order valence-electron chi connectivity index (χ0n) is 10.6. The molecule has 0 bridgehead atoms. The molecule has 1 aliphatic rings. The predicted molar refractivity (Wildman–Crippen MR) is 69.7 cm³/mol. The number of amides is 1. The molecule has 5 heteroatoms. The van der Waals surface area contributed by atoms with Crippen molar-refractivity contribution in [2.24, 2.45) is 0 Å². The summed E-state index contributed by atoms with van der Waals surface area (Å²) in [5.74, 6) is -0.321. The SMILES string of the molecule is Cc1ccc(CCN2C(=O)CCS2(=O)=O)c(C)c1. The maximum absolute atomic E-state index is 11.6. The van der Waals surface area contributed by atoms with Crippen LogP contribution in [0.1, 0.15) is 23.1 Å². The monoisotopic (exact) mass is 267 g/mol. The Bertz CT molecular complexity index is 578. The van der Waals surface area contributed by atoms with Crippen molar-refractivity contribution in [3.05, 3.63) is 34.9 Å². The Balaban J connectivity index is 2.10. The highest BCUT2D eigenvalue weighted by atomic mass is 32.2. The summed E-state index contributed by atoms with van der Waals surface area (Å²) in [5, 5.41) is 0. The molecule has 98 valence electrons. The van der Waals surface area contributed by atoms with Gasteiger partial charge < -0.3 is 0 Å². The van der Waals surface area contributed by atoms with Gasteiger partial charge in [-0.1, -0.05) is 23.8 Å². The Hall–Kier alpha value is -1.36. The molecule has 0 unspecified atom stereocenters. The molecule has 0 atom stereocenters. The van der Waals surface area contributed by atoms with E-state index in [1.807, 2.05) is 26.0 Å². The van der Waals surface area contributed by atoms with Gasteiger partial charge >= 0.3 is 0 Å². The summed E-state index contributed by atoms with van der Waals surface area (Å²) in [7, 11) is -3.34. The number of hydrogen-bond acceptors (Lipinski definition) is 3. The number of carbonyl (C=O) groups excluding carboxylic acids is 1. The molecule has 1 aromatic carbocycles. The first-order valence-electron chi connectivity index (χ1n) is 5.99. The number of sulfonamides is 1. The number of rotatable bonds is 3. The van der Waals surface area contributed by atoms with Crippen LogP contribution in [0.5, 0.6) is 0 Å². The number of nitrogens with zero attached hydrogens (tertiary/aromatic N) is 1. The lowest BCUT2D eigenvalue weighted by Crippen LogP contribution is -2.31. The number of carbonyl (C=O) groups is 1. The highest BCUT2D eigenvalue weighted by Gasteiger charge is 2.34. The van der Waals surface area contributed by atoms with Gasteiger partial charge in [0, 0.05) is 13.0 Å². The largest absolute Gasteiger partial charge is 0.274 e. The molecule has 1 aromatic rings. The minimum atomic E-state index is -3.34. The summed E-state index contributed by atoms with van der Waals surface area (Å²) in [6, 6.07) is 6.07. The quantitative estimate of drug-likeness (QED) is 0.832. The maximum Gasteiger partial charge on any atom is 0.237 e. The molecule has 1 saturated heterocycles. The summed E-state index contributed by atoms with van der Waals surface area (Å²) in [6.07, 6.45) is 0.701. The molecule has 1 fully saturated rings. The van der Waals surface area contributed by atoms with E-state index in [2.05, 4.69) is 6.07 Å². The van der Waals surface area contributed by atoms with Crippen molar-refractivity contribution in [1.82, 2.24) is 4.31 Å². The van der Waals surface area contributed by atoms with E-state index in [9.17, 15) is 13.2 Å². The first kappa shape index (κ1) is 13.1. The van der Waals surface area contributed by atoms with Crippen LogP contribution in [-0.4, -0.2) is 30.9 Å². The van der Waals surface area contributed by atoms with Crippen LogP contribution in [0.25, 0.3) is 0 Å². The van der Waals surface area contributed by atoms with Crippen molar-refractivity contribution in [2.45, 2.75) is 26.7 Å². The zero-order valence-corrected chi connectivity index (χ0v) is 11.5. The smallest absolute Gasteiger partial charge is 0.237 e. The second-order valence-electron chi connectivity index (χ2n) is 4.71. The fourth-order valence-electron chi connectivity index (χ4n) is 2.22. The van der Waals surface area contributed by atoms with Crippen LogP contribution >= 0.6 is 0 Å². The lowest BCUT2D eigenvalue weighted by molar-refractivity contribution is -0.125. The third-order valence-electron chi connectivity index (χ3n) is 3.27. The highest BCUT2D eigenvalue weighted by Crippen LogP contribution is 2.17. The van der Waals surface area contributed by atoms with Gasteiger partial charge in [-0.15, -0.1) is 0 Å². The fraction of sp³-hybridized carbons (Fsp3) is 0.462. The van der Waals surface area contributed by atoms with Gasteiger partial charge in [-0.25, -0.2) is 12.7 Å². The number of hydrogen-bond donors (Lipinski definition) is 0. The average molecular weight is 267 g/mol. The molecule has 1 aliphatic heterocycles. The summed E-state index contributed by atoms with van der Waals surface area (Å²) >= 11 is 0. The van der Waals surface area contributed by atoms with E-state index in [0.29, 0.717) is 6.42 Å². The third kappa shape index (κ3) is 2.56. The lowest BCUT2D eigenvalue weighted by atomic mass is 10.0. The summed E-state index contributed by atoms with van der Waals surface area (Å²) < 4.78 is 24.3. The van der Waals surface area contributed by atoms with Gasteiger partial charge in [0.2, 0.25) is 15.9 Å². The molecule has 0 aromatic heterocycles. The van der Waals surface area contributed by atoms with Gasteiger partial charge in [0.25, 0.3) is 0 Å². The highest BCUT2D eigenvalue weighted by molar-refractivity contribution is 7.90. The molecule has 0 radical (unpaired) electrons. The lowest BCUT2D eigenvalue weighted by Gasteiger charge is -2.15. The molecule has 0 aliphatic carbocycles. The van der Waals surface area contributed by atoms with Gasteiger partial charge in [0.15, 0.2) is 0 Å². The van der Waals surface area contributed by atoms with Crippen LogP contribution in [0.4, 0.5) is 0 Å². The Morgan fingerprint density at radius 1 is 1.28 bits per heavy atom. The Morgan fingerprint density at radius 3 is 2.56 bits per heavy atom. The van der Waals surface area contributed by atoms with Crippen LogP contribution in [0, 0.1) is 13.8 Å². The second-order valence-corrected chi connectivity index (χ2v) is 6.72. The summed E-state index contributed by atoms with van der Waals surface area (Å²) in [4.78, 5) is 11.5. The van der Waals surface area contributed by atoms with E-state index in [0.717, 1.165) is 15.4 Å². The minimum Gasteiger partial charge on any atom is -0.274 e. The Morgan fingerprint density at radius 2 is 2.00 bits per heavy atom. The van der Waals surface area contributed by atoms with Gasteiger partial charge in [-0.05, 0) is 31.4 Å². The van der Waals surface area contributed by atoms with E-state index in [1.54, 1.807) is 0 Å². The minimum absolute atomic E-state index is 0.0429. The first-order valence-corrected chi connectivity index (χ1v) is 7.60. The Labute approximate surface area is 108 Å². The number of benzene rings is 1. The molecule has 1 heterocycles. The van der Waals surface area contributed by atoms with E-state index < -0.39 is 10.0 Å². The second kappa shape index (κ2) is 4.72. The topological polar surface area (TPSA) is 54.5 Å². The molecule has 18 heavy (non-hydrogen) atoms. The van der Waals surface area contributed by atoms with E-state index >= 15 is 0 Å². The molecular formula is C13H17NO3S. The van der Waals surface area contributed by atoms with Crippen LogP contribution < -0.4 is 0 Å². The first-order chi connectivity index (χ1) is 8.40. The zero-order chi connectivity index (χ0) is 13.3. The maximum atomic E-state index is 11.6. The van der Waals surface area contributed by atoms with Crippen molar-refractivity contribution >= 4 is 15.9 Å². The van der Waals surface area contributed by atoms with Crippen LogP contribution in [-0.2, 0) is 21.2 Å². The average Bonchev–Trinajstić information content (AvgIpc) is 2.53. The van der Waals surface area contributed by atoms with Gasteiger partial charge in [0.05, 0.1) is 5.75 Å². The van der Waals surface area contributed by atoms with E-state index in [1.165, 1.54) is 5.56 Å². The predicted octanol–water partition coefficient (Wildman–Crippen LogP) is 1.41. The van der Waals surface area contributed by atoms with E-state index in [4.69, 9.17) is 0 Å². The molecule has 2 rings (SSSR count). The summed E-state index contributed by atoms with van der Waals surface area (Å²) in [5.41, 5.74) is 3.41. The summed E-state index contributed by atoms with van der Waals surface area (Å²) in [6.45, 7) is 4.28. The Kier molecular flexibility index (Phi) is 3.43. The van der Waals surface area contributed by atoms with Crippen molar-refractivity contribution in [2.75, 3.05) is 12.3 Å². The van der Waals surface area contributed by atoms with E-state index in [-0.39, 0.29) is 24.6 Å². The van der Waals surface area contributed by atoms with Crippen molar-refractivity contribution in [1.29, 1.82) is 0 Å². The standard InChI is InChI=1S/C13H17NO3S/c1-10-3-4-12(11(2)9-10)5-7-14-13(15)6-8-18(14,16)17/h3-4,9H,5-8H2,1-2H3. The van der Waals surface area contributed by atoms with Crippen molar-refractivity contribution in [3.63, 3.8) is 0 Å². The third-order valence-corrected chi connectivity index (χ3v) is 5.05. The van der Waals surface area contributed by atoms with Crippen molar-refractivity contribution in [3.8, 4) is 0 Å². The molecule has 4 nitrogen and oxygen atoms in total. The van der Waals surface area contributed by atoms with Gasteiger partial charge in [0.1, 0.15) is 0 Å². The molecule has 1 amide bonds. The van der Waals surface area contributed by atoms with Crippen LogP contribution in [0.3, 0.4) is 0 Å². The van der Waals surface area contributed by atoms with Crippen molar-refractivity contribution < 1.29 is 13.2 Å². The molecular weight excluding hydrogens is 250 g/mol. The molecule has 0 N–H and O–H groups in total. The van der Waals surface area contributed by atoms with Gasteiger partial charge in [-0.2, -0.15) is 0 Å². The van der Waals surface area contributed by atoms with Crippen LogP contribution in [0.15, 0.2) is 18.2 Å².